The van der Waals surface area contributed by atoms with Crippen LogP contribution in [0.3, 0.4) is 0 Å². The van der Waals surface area contributed by atoms with Gasteiger partial charge in [0.15, 0.2) is 6.61 Å². The van der Waals surface area contributed by atoms with Crippen molar-refractivity contribution in [2.75, 3.05) is 25.4 Å². The highest BCUT2D eigenvalue weighted by Crippen LogP contribution is 2.19. The lowest BCUT2D eigenvalue weighted by Gasteiger charge is -2.30. The second kappa shape index (κ2) is 7.32. The zero-order valence-corrected chi connectivity index (χ0v) is 13.2. The van der Waals surface area contributed by atoms with Crippen LogP contribution in [0.2, 0.25) is 5.02 Å². The molecular weight excluding hydrogens is 322 g/mol. The molecule has 1 aromatic rings. The average Bonchev–Trinajstić information content (AvgIpc) is 2.54. The number of rotatable bonds is 4. The van der Waals surface area contributed by atoms with Crippen LogP contribution in [0.25, 0.3) is 0 Å². The van der Waals surface area contributed by atoms with Crippen molar-refractivity contribution in [1.82, 2.24) is 4.90 Å². The second-order valence-electron chi connectivity index (χ2n) is 5.37. The van der Waals surface area contributed by atoms with Gasteiger partial charge in [0, 0.05) is 29.7 Å². The number of nitrogens with two attached hydrogens (primary N) is 2. The quantitative estimate of drug-likeness (QED) is 0.622. The Morgan fingerprint density at radius 3 is 2.52 bits per heavy atom. The van der Waals surface area contributed by atoms with Crippen LogP contribution < -0.4 is 11.5 Å². The number of nitrogen functional groups attached to an aromatic ring is 1. The summed E-state index contributed by atoms with van der Waals surface area (Å²) in [6, 6.07) is 4.44. The maximum Gasteiger partial charge on any atom is 0.340 e. The molecule has 23 heavy (non-hydrogen) atoms. The number of carbonyl (C=O) groups excluding carboxylic acids is 3. The van der Waals surface area contributed by atoms with E-state index in [0.717, 1.165) is 0 Å². The molecule has 1 fully saturated rings. The first-order chi connectivity index (χ1) is 10.9. The summed E-state index contributed by atoms with van der Waals surface area (Å²) in [7, 11) is 0. The Kier molecular flexibility index (Phi) is 5.44. The van der Waals surface area contributed by atoms with Gasteiger partial charge in [-0.2, -0.15) is 0 Å². The van der Waals surface area contributed by atoms with E-state index in [-0.39, 0.29) is 35.6 Å². The summed E-state index contributed by atoms with van der Waals surface area (Å²) in [6.07, 6.45) is 1.05. The number of piperidine rings is 1. The molecule has 1 aliphatic rings. The molecule has 7 nitrogen and oxygen atoms in total. The van der Waals surface area contributed by atoms with Gasteiger partial charge in [0.25, 0.3) is 5.91 Å². The Morgan fingerprint density at radius 2 is 1.91 bits per heavy atom. The van der Waals surface area contributed by atoms with Crippen molar-refractivity contribution >= 4 is 35.1 Å². The molecule has 4 N–H and O–H groups in total. The molecule has 0 unspecified atom stereocenters. The van der Waals surface area contributed by atoms with Crippen molar-refractivity contribution in [2.45, 2.75) is 12.8 Å². The van der Waals surface area contributed by atoms with Crippen LogP contribution in [-0.4, -0.2) is 42.4 Å². The van der Waals surface area contributed by atoms with Gasteiger partial charge in [-0.15, -0.1) is 0 Å². The molecule has 1 aliphatic heterocycles. The third kappa shape index (κ3) is 4.35. The van der Waals surface area contributed by atoms with Gasteiger partial charge in [0.1, 0.15) is 0 Å². The molecule has 1 heterocycles. The molecule has 0 aliphatic carbocycles. The van der Waals surface area contributed by atoms with Crippen LogP contribution >= 0.6 is 11.6 Å². The molecule has 0 radical (unpaired) electrons. The molecule has 2 rings (SSSR count). The van der Waals surface area contributed by atoms with Gasteiger partial charge in [-0.05, 0) is 31.0 Å². The fourth-order valence-corrected chi connectivity index (χ4v) is 2.59. The van der Waals surface area contributed by atoms with Crippen LogP contribution in [0.4, 0.5) is 5.69 Å². The van der Waals surface area contributed by atoms with E-state index in [1.165, 1.54) is 12.1 Å². The van der Waals surface area contributed by atoms with E-state index in [2.05, 4.69) is 0 Å². The van der Waals surface area contributed by atoms with E-state index < -0.39 is 5.97 Å². The van der Waals surface area contributed by atoms with Gasteiger partial charge >= 0.3 is 5.97 Å². The largest absolute Gasteiger partial charge is 0.452 e. The molecule has 0 spiro atoms. The smallest absolute Gasteiger partial charge is 0.340 e. The Bertz CT molecular complexity index is 627. The fraction of sp³-hybridized carbons (Fsp3) is 0.400. The number of benzene rings is 1. The van der Waals surface area contributed by atoms with Crippen LogP contribution in [-0.2, 0) is 14.3 Å². The van der Waals surface area contributed by atoms with Gasteiger partial charge in [0.05, 0.1) is 5.56 Å². The van der Waals surface area contributed by atoms with Crippen LogP contribution in [0, 0.1) is 5.92 Å². The Labute approximate surface area is 138 Å². The van der Waals surface area contributed by atoms with E-state index in [1.807, 2.05) is 0 Å². The summed E-state index contributed by atoms with van der Waals surface area (Å²) in [5.74, 6) is -1.57. The first-order valence-electron chi connectivity index (χ1n) is 7.17. The maximum atomic E-state index is 12.0. The number of nitrogens with zero attached hydrogens (tertiary/aromatic N) is 1. The van der Waals surface area contributed by atoms with E-state index in [4.69, 9.17) is 27.8 Å². The summed E-state index contributed by atoms with van der Waals surface area (Å²) < 4.78 is 4.99. The van der Waals surface area contributed by atoms with Gasteiger partial charge in [-0.25, -0.2) is 4.79 Å². The Morgan fingerprint density at radius 1 is 1.26 bits per heavy atom. The number of halogens is 1. The monoisotopic (exact) mass is 339 g/mol. The number of hydrogen-bond acceptors (Lipinski definition) is 5. The normalized spacial score (nSPS) is 15.3. The van der Waals surface area contributed by atoms with Crippen molar-refractivity contribution in [3.63, 3.8) is 0 Å². The molecular formula is C15H18ClN3O4. The molecule has 124 valence electrons. The number of anilines is 1. The SMILES string of the molecule is NC(=O)C1CCN(C(=O)COC(=O)c2cc(Cl)ccc2N)CC1. The number of primary amides is 1. The molecule has 0 atom stereocenters. The van der Waals surface area contributed by atoms with Crippen LogP contribution in [0.15, 0.2) is 18.2 Å². The lowest BCUT2D eigenvalue weighted by molar-refractivity contribution is -0.137. The summed E-state index contributed by atoms with van der Waals surface area (Å²) in [4.78, 5) is 36.6. The minimum absolute atomic E-state index is 0.123. The number of hydrogen-bond donors (Lipinski definition) is 2. The highest BCUT2D eigenvalue weighted by Gasteiger charge is 2.26. The maximum absolute atomic E-state index is 12.0. The van der Waals surface area contributed by atoms with Crippen LogP contribution in [0.1, 0.15) is 23.2 Å². The first-order valence-corrected chi connectivity index (χ1v) is 7.55. The molecule has 1 saturated heterocycles. The standard InChI is InChI=1S/C15H18ClN3O4/c16-10-1-2-12(17)11(7-10)15(22)23-8-13(20)19-5-3-9(4-6-19)14(18)21/h1-2,7,9H,3-6,8,17H2,(H2,18,21). The van der Waals surface area contributed by atoms with Gasteiger partial charge in [-0.3, -0.25) is 9.59 Å². The Balaban J connectivity index is 1.86. The van der Waals surface area contributed by atoms with Crippen molar-refractivity contribution in [3.05, 3.63) is 28.8 Å². The number of carbonyl (C=O) groups is 3. The second-order valence-corrected chi connectivity index (χ2v) is 5.80. The minimum Gasteiger partial charge on any atom is -0.452 e. The first kappa shape index (κ1) is 17.1. The number of likely N-dealkylation sites (tertiary alicyclic amines) is 1. The van der Waals surface area contributed by atoms with Crippen molar-refractivity contribution in [3.8, 4) is 0 Å². The Hall–Kier alpha value is -2.28. The summed E-state index contributed by atoms with van der Waals surface area (Å²) in [5, 5.41) is 0.353. The van der Waals surface area contributed by atoms with E-state index in [1.54, 1.807) is 11.0 Å². The molecule has 0 saturated carbocycles. The minimum atomic E-state index is -0.703. The fourth-order valence-electron chi connectivity index (χ4n) is 2.42. The third-order valence-corrected chi connectivity index (χ3v) is 4.05. The lowest BCUT2D eigenvalue weighted by Crippen LogP contribution is -2.43. The van der Waals surface area contributed by atoms with Gasteiger partial charge in [0.2, 0.25) is 5.91 Å². The zero-order chi connectivity index (χ0) is 17.0. The highest BCUT2D eigenvalue weighted by atomic mass is 35.5. The van der Waals surface area contributed by atoms with E-state index >= 15 is 0 Å². The number of ether oxygens (including phenoxy) is 1. The zero-order valence-electron chi connectivity index (χ0n) is 12.5. The number of esters is 1. The summed E-state index contributed by atoms with van der Waals surface area (Å²) >= 11 is 5.81. The van der Waals surface area contributed by atoms with Crippen molar-refractivity contribution in [2.24, 2.45) is 11.7 Å². The average molecular weight is 340 g/mol. The number of amides is 2. The highest BCUT2D eigenvalue weighted by molar-refractivity contribution is 6.31. The molecule has 2 amide bonds. The van der Waals surface area contributed by atoms with Crippen molar-refractivity contribution in [1.29, 1.82) is 0 Å². The van der Waals surface area contributed by atoms with E-state index in [9.17, 15) is 14.4 Å². The summed E-state index contributed by atoms with van der Waals surface area (Å²) in [5.41, 5.74) is 11.3. The van der Waals surface area contributed by atoms with Crippen LogP contribution in [0.5, 0.6) is 0 Å². The predicted octanol–water partition coefficient (Wildman–Crippen LogP) is 0.803. The predicted molar refractivity (Wildman–Crippen MR) is 84.6 cm³/mol. The third-order valence-electron chi connectivity index (χ3n) is 3.81. The summed E-state index contributed by atoms with van der Waals surface area (Å²) in [6.45, 7) is 0.457. The van der Waals surface area contributed by atoms with Gasteiger partial charge in [-0.1, -0.05) is 11.6 Å². The van der Waals surface area contributed by atoms with E-state index in [0.29, 0.717) is 31.0 Å². The van der Waals surface area contributed by atoms with Gasteiger partial charge < -0.3 is 21.1 Å². The molecule has 1 aromatic carbocycles. The topological polar surface area (TPSA) is 116 Å². The molecule has 0 aromatic heterocycles. The van der Waals surface area contributed by atoms with Crippen molar-refractivity contribution < 1.29 is 19.1 Å². The molecule has 0 bridgehead atoms. The molecule has 8 heteroatoms. The lowest BCUT2D eigenvalue weighted by atomic mass is 9.96.